The van der Waals surface area contributed by atoms with Crippen molar-refractivity contribution >= 4 is 40.0 Å². The van der Waals surface area contributed by atoms with E-state index in [1.165, 1.54) is 30.3 Å². The summed E-state index contributed by atoms with van der Waals surface area (Å²) in [6.45, 7) is 2.39. The van der Waals surface area contributed by atoms with Crippen LogP contribution in [-0.4, -0.2) is 48.1 Å². The third-order valence-electron chi connectivity index (χ3n) is 6.15. The smallest absolute Gasteiger partial charge is 0.378 e. The summed E-state index contributed by atoms with van der Waals surface area (Å²) in [7, 11) is 0. The van der Waals surface area contributed by atoms with E-state index in [4.69, 9.17) is 4.74 Å². The molecule has 1 saturated heterocycles. The van der Waals surface area contributed by atoms with Gasteiger partial charge in [-0.25, -0.2) is 18.6 Å². The number of halogens is 5. The number of hydrogen-bond acceptors (Lipinski definition) is 6. The van der Waals surface area contributed by atoms with Gasteiger partial charge >= 0.3 is 12.2 Å². The molecular weight excluding hydrogens is 537 g/mol. The van der Waals surface area contributed by atoms with Crippen LogP contribution in [0.1, 0.15) is 21.5 Å². The van der Waals surface area contributed by atoms with Crippen LogP contribution >= 0.6 is 0 Å². The van der Waals surface area contributed by atoms with Crippen molar-refractivity contribution in [1.29, 1.82) is 0 Å². The SMILES string of the molecule is O=C(Nc1ccc(F)c(C(F)(F)F)c1)Nc1cccc(C(=O)c2ccc3ncc(N4CCOCC4)nc3c2)c1F. The summed E-state index contributed by atoms with van der Waals surface area (Å²) in [5.41, 5.74) is -1.58. The molecule has 40 heavy (non-hydrogen) atoms. The maximum Gasteiger partial charge on any atom is 0.419 e. The number of hydrogen-bond donors (Lipinski definition) is 2. The summed E-state index contributed by atoms with van der Waals surface area (Å²) >= 11 is 0. The van der Waals surface area contributed by atoms with Gasteiger partial charge in [0.05, 0.1) is 47.3 Å². The molecule has 4 aromatic rings. The summed E-state index contributed by atoms with van der Waals surface area (Å²) in [5, 5.41) is 4.26. The second kappa shape index (κ2) is 10.8. The number of urea groups is 1. The molecule has 0 unspecified atom stereocenters. The van der Waals surface area contributed by atoms with Crippen LogP contribution in [0.3, 0.4) is 0 Å². The van der Waals surface area contributed by atoms with E-state index in [2.05, 4.69) is 20.6 Å². The summed E-state index contributed by atoms with van der Waals surface area (Å²) in [4.78, 5) is 36.5. The van der Waals surface area contributed by atoms with Crippen molar-refractivity contribution in [2.45, 2.75) is 6.18 Å². The van der Waals surface area contributed by atoms with Gasteiger partial charge in [-0.1, -0.05) is 6.07 Å². The zero-order valence-electron chi connectivity index (χ0n) is 20.6. The van der Waals surface area contributed by atoms with E-state index in [0.717, 1.165) is 6.07 Å². The van der Waals surface area contributed by atoms with Gasteiger partial charge in [0.25, 0.3) is 0 Å². The molecule has 2 heterocycles. The number of anilines is 3. The summed E-state index contributed by atoms with van der Waals surface area (Å²) < 4.78 is 73.0. The fourth-order valence-corrected chi connectivity index (χ4v) is 4.15. The summed E-state index contributed by atoms with van der Waals surface area (Å²) in [5.74, 6) is -2.62. The molecule has 0 saturated carbocycles. The number of aromatic nitrogens is 2. The van der Waals surface area contributed by atoms with E-state index in [1.54, 1.807) is 12.3 Å². The van der Waals surface area contributed by atoms with Crippen molar-refractivity contribution in [2.24, 2.45) is 0 Å². The molecule has 1 aliphatic heterocycles. The van der Waals surface area contributed by atoms with Crippen LogP contribution in [-0.2, 0) is 10.9 Å². The highest BCUT2D eigenvalue weighted by Crippen LogP contribution is 2.33. The Morgan fingerprint density at radius 3 is 2.45 bits per heavy atom. The molecule has 0 radical (unpaired) electrons. The van der Waals surface area contributed by atoms with Crippen LogP contribution in [0.5, 0.6) is 0 Å². The molecule has 1 aliphatic rings. The third-order valence-corrected chi connectivity index (χ3v) is 6.15. The van der Waals surface area contributed by atoms with Crippen LogP contribution in [0.2, 0.25) is 0 Å². The lowest BCUT2D eigenvalue weighted by Crippen LogP contribution is -2.36. The molecule has 2 amide bonds. The highest BCUT2D eigenvalue weighted by atomic mass is 19.4. The molecule has 0 aliphatic carbocycles. The highest BCUT2D eigenvalue weighted by molar-refractivity contribution is 6.11. The first kappa shape index (κ1) is 26.9. The minimum Gasteiger partial charge on any atom is -0.378 e. The number of morpholine rings is 1. The number of alkyl halides is 3. The Kier molecular flexibility index (Phi) is 7.30. The number of nitrogens with zero attached hydrogens (tertiary/aromatic N) is 3. The number of rotatable bonds is 5. The van der Waals surface area contributed by atoms with Gasteiger partial charge in [0, 0.05) is 24.3 Å². The van der Waals surface area contributed by atoms with Crippen LogP contribution < -0.4 is 15.5 Å². The Morgan fingerprint density at radius 1 is 0.925 bits per heavy atom. The second-order valence-corrected chi connectivity index (χ2v) is 8.80. The lowest BCUT2D eigenvalue weighted by molar-refractivity contribution is -0.139. The number of benzene rings is 3. The molecule has 13 heteroatoms. The monoisotopic (exact) mass is 557 g/mol. The van der Waals surface area contributed by atoms with Crippen molar-refractivity contribution in [3.05, 3.63) is 89.1 Å². The Morgan fingerprint density at radius 2 is 1.70 bits per heavy atom. The predicted molar refractivity (Wildman–Crippen MR) is 136 cm³/mol. The Hall–Kier alpha value is -4.65. The number of ketones is 1. The first-order valence-electron chi connectivity index (χ1n) is 12.0. The predicted octanol–water partition coefficient (Wildman–Crippen LogP) is 5.64. The molecule has 0 bridgehead atoms. The highest BCUT2D eigenvalue weighted by Gasteiger charge is 2.34. The van der Waals surface area contributed by atoms with Crippen molar-refractivity contribution in [1.82, 2.24) is 9.97 Å². The number of ether oxygens (including phenoxy) is 1. The van der Waals surface area contributed by atoms with Gasteiger partial charge in [0.15, 0.2) is 11.6 Å². The average Bonchev–Trinajstić information content (AvgIpc) is 2.94. The van der Waals surface area contributed by atoms with Crippen molar-refractivity contribution in [3.8, 4) is 0 Å². The molecule has 0 spiro atoms. The van der Waals surface area contributed by atoms with E-state index in [1.807, 2.05) is 4.90 Å². The van der Waals surface area contributed by atoms with Gasteiger partial charge in [0.2, 0.25) is 0 Å². The minimum absolute atomic E-state index is 0.132. The summed E-state index contributed by atoms with van der Waals surface area (Å²) in [6.07, 6.45) is -3.34. The van der Waals surface area contributed by atoms with E-state index in [0.29, 0.717) is 55.3 Å². The molecule has 0 atom stereocenters. The molecule has 2 N–H and O–H groups in total. The standard InChI is InChI=1S/C27H20F5N5O3/c28-19-6-5-16(13-18(19)27(30,31)32)34-26(39)36-21-3-1-2-17(24(21)29)25(38)15-4-7-20-22(12-15)35-23(14-33-20)37-8-10-40-11-9-37/h1-7,12-14H,8-11H2,(H2,34,36,39). The number of amides is 2. The number of carbonyl (C=O) groups is 2. The van der Waals surface area contributed by atoms with Gasteiger partial charge in [-0.15, -0.1) is 0 Å². The normalized spacial score (nSPS) is 13.8. The zero-order chi connectivity index (χ0) is 28.4. The van der Waals surface area contributed by atoms with E-state index in [-0.39, 0.29) is 16.8 Å². The first-order valence-corrected chi connectivity index (χ1v) is 12.0. The number of carbonyl (C=O) groups excluding carboxylic acids is 2. The molecular formula is C27H20F5N5O3. The van der Waals surface area contributed by atoms with Gasteiger partial charge in [0.1, 0.15) is 11.6 Å². The lowest BCUT2D eigenvalue weighted by atomic mass is 10.0. The Bertz CT molecular complexity index is 1610. The topological polar surface area (TPSA) is 96.5 Å². The van der Waals surface area contributed by atoms with Gasteiger partial charge < -0.3 is 20.3 Å². The molecule has 1 fully saturated rings. The van der Waals surface area contributed by atoms with Crippen LogP contribution in [0.25, 0.3) is 11.0 Å². The largest absolute Gasteiger partial charge is 0.419 e. The maximum atomic E-state index is 15.3. The first-order chi connectivity index (χ1) is 19.1. The van der Waals surface area contributed by atoms with Crippen LogP contribution in [0.4, 0.5) is 43.9 Å². The fraction of sp³-hybridized carbons (Fsp3) is 0.185. The van der Waals surface area contributed by atoms with Gasteiger partial charge in [-0.3, -0.25) is 9.78 Å². The maximum absolute atomic E-state index is 15.3. The molecule has 1 aromatic heterocycles. The Balaban J connectivity index is 1.35. The number of nitrogens with one attached hydrogen (secondary N) is 2. The minimum atomic E-state index is -4.97. The van der Waals surface area contributed by atoms with Crippen molar-refractivity contribution in [2.75, 3.05) is 41.8 Å². The second-order valence-electron chi connectivity index (χ2n) is 8.80. The van der Waals surface area contributed by atoms with E-state index < -0.39 is 40.9 Å². The van der Waals surface area contributed by atoms with Gasteiger partial charge in [-0.2, -0.15) is 13.2 Å². The fourth-order valence-electron chi connectivity index (χ4n) is 4.15. The average molecular weight is 557 g/mol. The molecule has 5 rings (SSSR count). The van der Waals surface area contributed by atoms with Crippen LogP contribution in [0, 0.1) is 11.6 Å². The quantitative estimate of drug-likeness (QED) is 0.244. The Labute approximate surface area is 223 Å². The van der Waals surface area contributed by atoms with Gasteiger partial charge in [-0.05, 0) is 48.5 Å². The number of fused-ring (bicyclic) bond motifs is 1. The van der Waals surface area contributed by atoms with E-state index >= 15 is 4.39 Å². The molecule has 3 aromatic carbocycles. The molecule has 8 nitrogen and oxygen atoms in total. The van der Waals surface area contributed by atoms with Crippen molar-refractivity contribution < 1.29 is 36.3 Å². The zero-order valence-corrected chi connectivity index (χ0v) is 20.6. The summed E-state index contributed by atoms with van der Waals surface area (Å²) in [6, 6.07) is 9.10. The molecule has 206 valence electrons. The van der Waals surface area contributed by atoms with Crippen LogP contribution in [0.15, 0.2) is 60.8 Å². The van der Waals surface area contributed by atoms with Crippen molar-refractivity contribution in [3.63, 3.8) is 0 Å². The van der Waals surface area contributed by atoms with E-state index in [9.17, 15) is 27.2 Å². The third kappa shape index (κ3) is 5.69. The lowest BCUT2D eigenvalue weighted by Gasteiger charge is -2.27.